The zero-order chi connectivity index (χ0) is 17.6. The van der Waals surface area contributed by atoms with E-state index in [0.29, 0.717) is 18.8 Å². The van der Waals surface area contributed by atoms with Gasteiger partial charge in [0, 0.05) is 29.7 Å². The molecule has 2 aromatic rings. The summed E-state index contributed by atoms with van der Waals surface area (Å²) < 4.78 is 5.29. The normalized spacial score (nSPS) is 16.7. The van der Waals surface area contributed by atoms with Gasteiger partial charge in [0.2, 0.25) is 5.91 Å². The molecule has 136 valence electrons. The van der Waals surface area contributed by atoms with E-state index in [1.165, 1.54) is 19.3 Å². The SMILES string of the molecule is COc1ccc2[nH]cc(CC(=O)NC(CCO)C3CCCCC3)c2c1. The summed E-state index contributed by atoms with van der Waals surface area (Å²) in [5.41, 5.74) is 1.97. The van der Waals surface area contributed by atoms with Crippen molar-refractivity contribution in [1.82, 2.24) is 10.3 Å². The van der Waals surface area contributed by atoms with E-state index in [4.69, 9.17) is 4.74 Å². The molecule has 0 aliphatic heterocycles. The molecule has 1 fully saturated rings. The van der Waals surface area contributed by atoms with Gasteiger partial charge in [0.1, 0.15) is 5.75 Å². The monoisotopic (exact) mass is 344 g/mol. The summed E-state index contributed by atoms with van der Waals surface area (Å²) in [7, 11) is 1.64. The van der Waals surface area contributed by atoms with Crippen molar-refractivity contribution in [2.24, 2.45) is 5.92 Å². The number of hydrogen-bond acceptors (Lipinski definition) is 3. The Bertz CT molecular complexity index is 704. The largest absolute Gasteiger partial charge is 0.497 e. The minimum Gasteiger partial charge on any atom is -0.497 e. The van der Waals surface area contributed by atoms with Gasteiger partial charge >= 0.3 is 0 Å². The van der Waals surface area contributed by atoms with Crippen molar-refractivity contribution in [3.05, 3.63) is 30.0 Å². The first-order chi connectivity index (χ1) is 12.2. The van der Waals surface area contributed by atoms with Crippen molar-refractivity contribution in [1.29, 1.82) is 0 Å². The highest BCUT2D eigenvalue weighted by atomic mass is 16.5. The maximum absolute atomic E-state index is 12.6. The second-order valence-corrected chi connectivity index (χ2v) is 6.99. The van der Waals surface area contributed by atoms with Gasteiger partial charge in [-0.1, -0.05) is 19.3 Å². The van der Waals surface area contributed by atoms with Crippen LogP contribution in [0.5, 0.6) is 5.75 Å². The molecule has 1 aliphatic rings. The van der Waals surface area contributed by atoms with Crippen LogP contribution < -0.4 is 10.1 Å². The van der Waals surface area contributed by atoms with E-state index in [9.17, 15) is 9.90 Å². The molecule has 3 N–H and O–H groups in total. The Morgan fingerprint density at radius 1 is 1.36 bits per heavy atom. The number of ether oxygens (including phenoxy) is 1. The molecule has 0 bridgehead atoms. The zero-order valence-corrected chi connectivity index (χ0v) is 14.9. The number of aromatic amines is 1. The molecule has 0 radical (unpaired) electrons. The molecule has 5 heteroatoms. The minimum atomic E-state index is 0.0211. The van der Waals surface area contributed by atoms with E-state index in [0.717, 1.165) is 35.1 Å². The van der Waals surface area contributed by atoms with E-state index in [1.54, 1.807) is 7.11 Å². The summed E-state index contributed by atoms with van der Waals surface area (Å²) in [6, 6.07) is 5.91. The molecular formula is C20H28N2O3. The van der Waals surface area contributed by atoms with Gasteiger partial charge in [0.25, 0.3) is 0 Å². The predicted octanol–water partition coefficient (Wildman–Crippen LogP) is 3.17. The predicted molar refractivity (Wildman–Crippen MR) is 98.8 cm³/mol. The molecule has 1 aromatic heterocycles. The average Bonchev–Trinajstić information content (AvgIpc) is 3.04. The fourth-order valence-corrected chi connectivity index (χ4v) is 3.96. The number of aliphatic hydroxyl groups excluding tert-OH is 1. The summed E-state index contributed by atoms with van der Waals surface area (Å²) in [5, 5.41) is 13.6. The molecule has 1 amide bonds. The molecule has 0 saturated heterocycles. The molecule has 1 saturated carbocycles. The van der Waals surface area contributed by atoms with Crippen molar-refractivity contribution in [2.45, 2.75) is 51.0 Å². The van der Waals surface area contributed by atoms with Crippen molar-refractivity contribution < 1.29 is 14.6 Å². The number of benzene rings is 1. The first kappa shape index (κ1) is 17.8. The van der Waals surface area contributed by atoms with Gasteiger partial charge < -0.3 is 20.1 Å². The van der Waals surface area contributed by atoms with Gasteiger partial charge in [0.15, 0.2) is 0 Å². The van der Waals surface area contributed by atoms with Gasteiger partial charge in [0.05, 0.1) is 13.5 Å². The Morgan fingerprint density at radius 2 is 2.16 bits per heavy atom. The van der Waals surface area contributed by atoms with Crippen LogP contribution in [0.1, 0.15) is 44.1 Å². The number of carbonyl (C=O) groups excluding carboxylic acids is 1. The van der Waals surface area contributed by atoms with E-state index in [1.807, 2.05) is 24.4 Å². The van der Waals surface area contributed by atoms with Gasteiger partial charge in [-0.15, -0.1) is 0 Å². The Labute approximate surface area is 148 Å². The van der Waals surface area contributed by atoms with Crippen LogP contribution in [0.2, 0.25) is 0 Å². The second kappa shape index (κ2) is 8.39. The smallest absolute Gasteiger partial charge is 0.224 e. The molecular weight excluding hydrogens is 316 g/mol. The molecule has 1 unspecified atom stereocenters. The topological polar surface area (TPSA) is 74.4 Å². The lowest BCUT2D eigenvalue weighted by Crippen LogP contribution is -2.42. The molecule has 1 atom stereocenters. The number of amides is 1. The third kappa shape index (κ3) is 4.34. The van der Waals surface area contributed by atoms with Crippen LogP contribution in [0.25, 0.3) is 10.9 Å². The van der Waals surface area contributed by atoms with E-state index in [2.05, 4.69) is 10.3 Å². The fraction of sp³-hybridized carbons (Fsp3) is 0.550. The first-order valence-electron chi connectivity index (χ1n) is 9.25. The average molecular weight is 344 g/mol. The number of hydrogen-bond donors (Lipinski definition) is 3. The summed E-state index contributed by atoms with van der Waals surface area (Å²) in [4.78, 5) is 15.8. The number of rotatable bonds is 7. The van der Waals surface area contributed by atoms with E-state index in [-0.39, 0.29) is 18.6 Å². The van der Waals surface area contributed by atoms with E-state index >= 15 is 0 Å². The van der Waals surface area contributed by atoms with Crippen LogP contribution in [0.15, 0.2) is 24.4 Å². The number of aromatic nitrogens is 1. The standard InChI is InChI=1S/C20H28N2O3/c1-25-16-7-8-19-17(12-16)15(13-21-19)11-20(24)22-18(9-10-23)14-5-3-2-4-6-14/h7-8,12-14,18,21,23H,2-6,9-11H2,1H3,(H,22,24). The molecule has 3 rings (SSSR count). The van der Waals surface area contributed by atoms with Crippen LogP contribution in [-0.4, -0.2) is 35.8 Å². The van der Waals surface area contributed by atoms with Crippen LogP contribution in [0, 0.1) is 5.92 Å². The van der Waals surface area contributed by atoms with Crippen LogP contribution in [-0.2, 0) is 11.2 Å². The summed E-state index contributed by atoms with van der Waals surface area (Å²) in [5.74, 6) is 1.30. The summed E-state index contributed by atoms with van der Waals surface area (Å²) >= 11 is 0. The Kier molecular flexibility index (Phi) is 5.97. The van der Waals surface area contributed by atoms with Crippen molar-refractivity contribution >= 4 is 16.8 Å². The lowest BCUT2D eigenvalue weighted by atomic mass is 9.82. The number of nitrogens with one attached hydrogen (secondary N) is 2. The van der Waals surface area contributed by atoms with Gasteiger partial charge in [-0.05, 0) is 48.9 Å². The molecule has 1 heterocycles. The Balaban J connectivity index is 1.68. The number of methoxy groups -OCH3 is 1. The lowest BCUT2D eigenvalue weighted by molar-refractivity contribution is -0.121. The summed E-state index contributed by atoms with van der Waals surface area (Å²) in [6.45, 7) is 0.117. The molecule has 1 aromatic carbocycles. The fourth-order valence-electron chi connectivity index (χ4n) is 3.96. The van der Waals surface area contributed by atoms with Crippen LogP contribution in [0.4, 0.5) is 0 Å². The van der Waals surface area contributed by atoms with Crippen LogP contribution in [0.3, 0.4) is 0 Å². The van der Waals surface area contributed by atoms with Gasteiger partial charge in [-0.3, -0.25) is 4.79 Å². The van der Waals surface area contributed by atoms with Gasteiger partial charge in [-0.2, -0.15) is 0 Å². The zero-order valence-electron chi connectivity index (χ0n) is 14.9. The van der Waals surface area contributed by atoms with Gasteiger partial charge in [-0.25, -0.2) is 0 Å². The lowest BCUT2D eigenvalue weighted by Gasteiger charge is -2.30. The Hall–Kier alpha value is -2.01. The number of aliphatic hydroxyl groups is 1. The minimum absolute atomic E-state index is 0.0211. The van der Waals surface area contributed by atoms with E-state index < -0.39 is 0 Å². The quantitative estimate of drug-likeness (QED) is 0.722. The third-order valence-electron chi connectivity index (χ3n) is 5.33. The molecule has 0 spiro atoms. The number of carbonyl (C=O) groups is 1. The molecule has 5 nitrogen and oxygen atoms in total. The molecule has 25 heavy (non-hydrogen) atoms. The van der Waals surface area contributed by atoms with Crippen molar-refractivity contribution in [3.63, 3.8) is 0 Å². The highest BCUT2D eigenvalue weighted by Crippen LogP contribution is 2.28. The van der Waals surface area contributed by atoms with Crippen LogP contribution >= 0.6 is 0 Å². The number of fused-ring (bicyclic) bond motifs is 1. The Morgan fingerprint density at radius 3 is 2.88 bits per heavy atom. The maximum atomic E-state index is 12.6. The molecule has 1 aliphatic carbocycles. The van der Waals surface area contributed by atoms with Crippen molar-refractivity contribution in [2.75, 3.05) is 13.7 Å². The highest BCUT2D eigenvalue weighted by Gasteiger charge is 2.25. The second-order valence-electron chi connectivity index (χ2n) is 6.99. The maximum Gasteiger partial charge on any atom is 0.224 e. The summed E-state index contributed by atoms with van der Waals surface area (Å²) in [6.07, 6.45) is 8.90. The number of H-pyrrole nitrogens is 1. The third-order valence-corrected chi connectivity index (χ3v) is 5.33. The highest BCUT2D eigenvalue weighted by molar-refractivity contribution is 5.89. The first-order valence-corrected chi connectivity index (χ1v) is 9.25. The van der Waals surface area contributed by atoms with Crippen molar-refractivity contribution in [3.8, 4) is 5.75 Å².